The van der Waals surface area contributed by atoms with Crippen molar-refractivity contribution in [2.45, 2.75) is 6.42 Å². The Morgan fingerprint density at radius 1 is 1.38 bits per heavy atom. The number of rotatable bonds is 6. The van der Waals surface area contributed by atoms with Crippen molar-refractivity contribution in [2.75, 3.05) is 24.4 Å². The predicted octanol–water partition coefficient (Wildman–Crippen LogP) is 1.42. The van der Waals surface area contributed by atoms with E-state index in [0.717, 1.165) is 12.3 Å². The third-order valence-corrected chi connectivity index (χ3v) is 3.75. The zero-order valence-corrected chi connectivity index (χ0v) is 12.9. The Bertz CT molecular complexity index is 671. The van der Waals surface area contributed by atoms with Crippen LogP contribution >= 0.6 is 11.6 Å². The number of methoxy groups -OCH3 is 1. The minimum absolute atomic E-state index is 0.0147. The van der Waals surface area contributed by atoms with Gasteiger partial charge in [-0.15, -0.1) is 0 Å². The molecule has 0 spiro atoms. The highest BCUT2D eigenvalue weighted by Crippen LogP contribution is 2.31. The van der Waals surface area contributed by atoms with Gasteiger partial charge in [0.1, 0.15) is 21.2 Å². The van der Waals surface area contributed by atoms with Gasteiger partial charge in [-0.1, -0.05) is 11.6 Å². The zero-order valence-electron chi connectivity index (χ0n) is 11.3. The van der Waals surface area contributed by atoms with Gasteiger partial charge in [-0.3, -0.25) is 4.79 Å². The lowest BCUT2D eigenvalue weighted by molar-refractivity contribution is -0.115. The summed E-state index contributed by atoms with van der Waals surface area (Å²) in [6.07, 6.45) is 0.802. The minimum atomic E-state index is -3.25. The zero-order chi connectivity index (χ0) is 16.2. The number of aromatic carboxylic acids is 1. The molecule has 21 heavy (non-hydrogen) atoms. The molecule has 0 aromatic heterocycles. The van der Waals surface area contributed by atoms with Crippen LogP contribution in [0.3, 0.4) is 0 Å². The van der Waals surface area contributed by atoms with E-state index < -0.39 is 21.7 Å². The molecule has 1 rings (SSSR count). The van der Waals surface area contributed by atoms with Crippen LogP contribution in [-0.2, 0) is 14.6 Å². The summed E-state index contributed by atoms with van der Waals surface area (Å²) in [7, 11) is -1.97. The summed E-state index contributed by atoms with van der Waals surface area (Å²) in [5.74, 6) is -2.03. The lowest BCUT2D eigenvalue weighted by Crippen LogP contribution is -2.17. The van der Waals surface area contributed by atoms with Gasteiger partial charge in [0.15, 0.2) is 0 Å². The van der Waals surface area contributed by atoms with Gasteiger partial charge in [0.25, 0.3) is 0 Å². The van der Waals surface area contributed by atoms with Crippen LogP contribution in [0.5, 0.6) is 5.75 Å². The first kappa shape index (κ1) is 17.3. The van der Waals surface area contributed by atoms with Gasteiger partial charge >= 0.3 is 5.97 Å². The summed E-state index contributed by atoms with van der Waals surface area (Å²) in [5.41, 5.74) is 0.00801. The van der Waals surface area contributed by atoms with Crippen molar-refractivity contribution in [3.05, 3.63) is 22.7 Å². The average molecular weight is 336 g/mol. The smallest absolute Gasteiger partial charge is 0.339 e. The maximum Gasteiger partial charge on any atom is 0.339 e. The van der Waals surface area contributed by atoms with Crippen LogP contribution in [0.25, 0.3) is 0 Å². The van der Waals surface area contributed by atoms with E-state index in [2.05, 4.69) is 5.32 Å². The Labute approximate surface area is 126 Å². The van der Waals surface area contributed by atoms with Crippen LogP contribution in [0.2, 0.25) is 5.02 Å². The van der Waals surface area contributed by atoms with E-state index in [1.807, 2.05) is 0 Å². The van der Waals surface area contributed by atoms with Gasteiger partial charge in [0, 0.05) is 18.7 Å². The van der Waals surface area contributed by atoms with Crippen molar-refractivity contribution in [2.24, 2.45) is 0 Å². The Morgan fingerprint density at radius 2 is 2.00 bits per heavy atom. The number of ether oxygens (including phenoxy) is 1. The number of benzene rings is 1. The summed E-state index contributed by atoms with van der Waals surface area (Å²) in [5, 5.41) is 11.4. The van der Waals surface area contributed by atoms with Gasteiger partial charge in [-0.05, 0) is 6.07 Å². The molecule has 0 radical (unpaired) electrons. The molecule has 0 bridgehead atoms. The number of sulfone groups is 1. The largest absolute Gasteiger partial charge is 0.496 e. The monoisotopic (exact) mass is 335 g/mol. The number of carboxylic acid groups (broad SMARTS) is 1. The first-order chi connectivity index (χ1) is 9.64. The van der Waals surface area contributed by atoms with E-state index in [0.29, 0.717) is 0 Å². The molecule has 7 nitrogen and oxygen atoms in total. The summed E-state index contributed by atoms with van der Waals surface area (Å²) >= 11 is 5.88. The minimum Gasteiger partial charge on any atom is -0.496 e. The van der Waals surface area contributed by atoms with Gasteiger partial charge in [-0.25, -0.2) is 13.2 Å². The maximum atomic E-state index is 11.6. The van der Waals surface area contributed by atoms with Crippen molar-refractivity contribution in [3.8, 4) is 5.75 Å². The normalized spacial score (nSPS) is 11.0. The summed E-state index contributed by atoms with van der Waals surface area (Å²) in [6.45, 7) is 0. The molecule has 0 heterocycles. The van der Waals surface area contributed by atoms with Crippen molar-refractivity contribution in [1.29, 1.82) is 0 Å². The van der Waals surface area contributed by atoms with E-state index in [1.54, 1.807) is 0 Å². The predicted molar refractivity (Wildman–Crippen MR) is 77.9 cm³/mol. The number of carboxylic acids is 1. The molecule has 2 N–H and O–H groups in total. The fraction of sp³-hybridized carbons (Fsp3) is 0.333. The second kappa shape index (κ2) is 6.77. The Morgan fingerprint density at radius 3 is 2.48 bits per heavy atom. The van der Waals surface area contributed by atoms with Crippen molar-refractivity contribution in [3.63, 3.8) is 0 Å². The molecule has 0 saturated heterocycles. The highest BCUT2D eigenvalue weighted by atomic mass is 35.5. The molecular formula is C12H14ClNO6S. The third kappa shape index (κ3) is 5.24. The lowest BCUT2D eigenvalue weighted by Gasteiger charge is -2.11. The molecule has 9 heteroatoms. The van der Waals surface area contributed by atoms with Gasteiger partial charge in [-0.2, -0.15) is 0 Å². The van der Waals surface area contributed by atoms with Gasteiger partial charge in [0.05, 0.1) is 23.6 Å². The van der Waals surface area contributed by atoms with E-state index in [9.17, 15) is 18.0 Å². The molecule has 0 atom stereocenters. The molecule has 1 amide bonds. The molecule has 0 aliphatic carbocycles. The number of carbonyl (C=O) groups is 2. The van der Waals surface area contributed by atoms with Crippen LogP contribution < -0.4 is 10.1 Å². The number of hydrogen-bond donors (Lipinski definition) is 2. The first-order valence-electron chi connectivity index (χ1n) is 5.72. The molecule has 0 aliphatic rings. The van der Waals surface area contributed by atoms with Crippen LogP contribution in [0.1, 0.15) is 16.8 Å². The Balaban J connectivity index is 2.94. The van der Waals surface area contributed by atoms with E-state index in [4.69, 9.17) is 21.4 Å². The molecule has 0 aliphatic heterocycles. The number of hydrogen-bond acceptors (Lipinski definition) is 5. The van der Waals surface area contributed by atoms with Crippen molar-refractivity contribution < 1.29 is 27.9 Å². The highest BCUT2D eigenvalue weighted by molar-refractivity contribution is 7.90. The fourth-order valence-corrected chi connectivity index (χ4v) is 2.24. The number of nitrogens with one attached hydrogen (secondary N) is 1. The van der Waals surface area contributed by atoms with Gasteiger partial charge in [0.2, 0.25) is 5.91 Å². The van der Waals surface area contributed by atoms with Gasteiger partial charge < -0.3 is 15.2 Å². The van der Waals surface area contributed by atoms with Crippen LogP contribution in [0.4, 0.5) is 5.69 Å². The molecule has 1 aromatic carbocycles. The maximum absolute atomic E-state index is 11.6. The molecule has 0 saturated carbocycles. The van der Waals surface area contributed by atoms with Crippen LogP contribution in [0.15, 0.2) is 12.1 Å². The van der Waals surface area contributed by atoms with Crippen molar-refractivity contribution >= 4 is 39.0 Å². The van der Waals surface area contributed by atoms with E-state index >= 15 is 0 Å². The van der Waals surface area contributed by atoms with E-state index in [-0.39, 0.29) is 34.2 Å². The van der Waals surface area contributed by atoms with Crippen LogP contribution in [-0.4, -0.2) is 44.5 Å². The summed E-state index contributed by atoms with van der Waals surface area (Å²) in [4.78, 5) is 22.6. The van der Waals surface area contributed by atoms with Crippen LogP contribution in [0, 0.1) is 0 Å². The quantitative estimate of drug-likeness (QED) is 0.813. The second-order valence-corrected chi connectivity index (χ2v) is 6.93. The molecule has 0 fully saturated rings. The molecule has 116 valence electrons. The lowest BCUT2D eigenvalue weighted by atomic mass is 10.1. The second-order valence-electron chi connectivity index (χ2n) is 4.27. The number of halogens is 1. The number of anilines is 1. The van der Waals surface area contributed by atoms with Crippen molar-refractivity contribution in [1.82, 2.24) is 0 Å². The molecule has 1 aromatic rings. The summed E-state index contributed by atoms with van der Waals surface area (Å²) < 4.78 is 26.9. The Hall–Kier alpha value is -1.80. The third-order valence-electron chi connectivity index (χ3n) is 2.49. The van der Waals surface area contributed by atoms with E-state index in [1.165, 1.54) is 13.2 Å². The average Bonchev–Trinajstić information content (AvgIpc) is 2.37. The fourth-order valence-electron chi connectivity index (χ4n) is 1.48. The number of amides is 1. The SMILES string of the molecule is COc1cc(NC(=O)CCS(C)(=O)=O)c(Cl)cc1C(=O)O. The summed E-state index contributed by atoms with van der Waals surface area (Å²) in [6, 6.07) is 2.42. The molecule has 0 unspecified atom stereocenters. The highest BCUT2D eigenvalue weighted by Gasteiger charge is 2.16. The topological polar surface area (TPSA) is 110 Å². The number of carbonyl (C=O) groups excluding carboxylic acids is 1. The Kier molecular flexibility index (Phi) is 5.56. The molecular weight excluding hydrogens is 322 g/mol. The standard InChI is InChI=1S/C12H14ClNO6S/c1-20-10-6-9(8(13)5-7(10)12(16)17)14-11(15)3-4-21(2,18)19/h5-6H,3-4H2,1-2H3,(H,14,15)(H,16,17). The first-order valence-corrected chi connectivity index (χ1v) is 8.16.